The van der Waals surface area contributed by atoms with Crippen molar-refractivity contribution in [1.29, 1.82) is 0 Å². The molecule has 3 rings (SSSR count). The summed E-state index contributed by atoms with van der Waals surface area (Å²) in [5.41, 5.74) is 2.57. The van der Waals surface area contributed by atoms with Crippen molar-refractivity contribution in [3.05, 3.63) is 35.1 Å². The molecule has 0 amide bonds. The summed E-state index contributed by atoms with van der Waals surface area (Å²) in [6.45, 7) is 1.17. The van der Waals surface area contributed by atoms with Crippen LogP contribution in [0.1, 0.15) is 24.8 Å². The van der Waals surface area contributed by atoms with E-state index in [0.717, 1.165) is 17.4 Å². The summed E-state index contributed by atoms with van der Waals surface area (Å²) in [4.78, 5) is 4.15. The molecule has 3 heteroatoms. The molecule has 1 N–H and O–H groups in total. The highest BCUT2D eigenvalue weighted by Crippen LogP contribution is 2.34. The monoisotopic (exact) mass is 234 g/mol. The Morgan fingerprint density at radius 1 is 1.38 bits per heavy atom. The Labute approximate surface area is 101 Å². The number of allylic oxidation sites excluding steroid dienone is 1. The molecule has 2 aliphatic rings. The van der Waals surface area contributed by atoms with E-state index in [2.05, 4.69) is 16.4 Å². The fourth-order valence-electron chi connectivity index (χ4n) is 2.78. The number of nitrogens with zero attached hydrogens (tertiary/aromatic N) is 1. The van der Waals surface area contributed by atoms with E-state index in [-0.39, 0.29) is 0 Å². The third-order valence-corrected chi connectivity index (χ3v) is 3.88. The van der Waals surface area contributed by atoms with Crippen LogP contribution in [0.15, 0.2) is 24.5 Å². The highest BCUT2D eigenvalue weighted by molar-refractivity contribution is 6.30. The first-order chi connectivity index (χ1) is 7.83. The lowest BCUT2D eigenvalue weighted by molar-refractivity contribution is 0.445. The number of hydrogen-bond donors (Lipinski definition) is 1. The zero-order valence-corrected chi connectivity index (χ0v) is 9.87. The molecule has 1 aromatic heterocycles. The van der Waals surface area contributed by atoms with Gasteiger partial charge in [-0.1, -0.05) is 17.7 Å². The molecule has 0 spiro atoms. The van der Waals surface area contributed by atoms with Crippen molar-refractivity contribution in [2.24, 2.45) is 5.92 Å². The van der Waals surface area contributed by atoms with Crippen LogP contribution in [0.2, 0.25) is 5.02 Å². The summed E-state index contributed by atoms with van der Waals surface area (Å²) in [6.07, 6.45) is 9.59. The van der Waals surface area contributed by atoms with Crippen LogP contribution in [0.3, 0.4) is 0 Å². The summed E-state index contributed by atoms with van der Waals surface area (Å²) in [6, 6.07) is 2.68. The first-order valence-electron chi connectivity index (χ1n) is 5.86. The Balaban J connectivity index is 1.85. The van der Waals surface area contributed by atoms with Gasteiger partial charge in [0.2, 0.25) is 0 Å². The van der Waals surface area contributed by atoms with Gasteiger partial charge in [0.15, 0.2) is 0 Å². The van der Waals surface area contributed by atoms with Gasteiger partial charge in [-0.2, -0.15) is 0 Å². The molecule has 0 saturated carbocycles. The van der Waals surface area contributed by atoms with Gasteiger partial charge in [-0.15, -0.1) is 0 Å². The molecule has 1 aliphatic heterocycles. The Hall–Kier alpha value is -0.860. The van der Waals surface area contributed by atoms with E-state index in [1.807, 2.05) is 12.3 Å². The van der Waals surface area contributed by atoms with Crippen molar-refractivity contribution in [3.63, 3.8) is 0 Å². The van der Waals surface area contributed by atoms with Crippen LogP contribution in [-0.2, 0) is 0 Å². The van der Waals surface area contributed by atoms with Gasteiger partial charge >= 0.3 is 0 Å². The van der Waals surface area contributed by atoms with E-state index in [1.165, 1.54) is 30.5 Å². The Morgan fingerprint density at radius 2 is 2.31 bits per heavy atom. The molecule has 0 aromatic carbocycles. The molecule has 0 unspecified atom stereocenters. The lowest BCUT2D eigenvalue weighted by Gasteiger charge is -2.25. The van der Waals surface area contributed by atoms with Gasteiger partial charge in [0, 0.05) is 18.4 Å². The fourth-order valence-corrected chi connectivity index (χ4v) is 2.95. The molecule has 1 fully saturated rings. The van der Waals surface area contributed by atoms with Crippen LogP contribution in [-0.4, -0.2) is 17.6 Å². The number of nitrogens with one attached hydrogen (secondary N) is 1. The maximum atomic E-state index is 5.97. The lowest BCUT2D eigenvalue weighted by atomic mass is 9.84. The molecule has 1 aliphatic carbocycles. The molecular formula is C13H15ClN2. The molecule has 16 heavy (non-hydrogen) atoms. The Morgan fingerprint density at radius 3 is 3.19 bits per heavy atom. The summed E-state index contributed by atoms with van der Waals surface area (Å²) >= 11 is 5.97. The number of aromatic nitrogens is 1. The molecule has 2 atom stereocenters. The third-order valence-electron chi connectivity index (χ3n) is 3.67. The molecule has 2 heterocycles. The second-order valence-electron chi connectivity index (χ2n) is 4.67. The van der Waals surface area contributed by atoms with Crippen LogP contribution in [0.5, 0.6) is 0 Å². The van der Waals surface area contributed by atoms with E-state index in [1.54, 1.807) is 6.20 Å². The average molecular weight is 235 g/mol. The van der Waals surface area contributed by atoms with Crippen molar-refractivity contribution in [2.45, 2.75) is 25.3 Å². The van der Waals surface area contributed by atoms with Gasteiger partial charge in [-0.05, 0) is 48.9 Å². The minimum Gasteiger partial charge on any atom is -0.313 e. The molecule has 1 saturated heterocycles. The van der Waals surface area contributed by atoms with Gasteiger partial charge in [0.25, 0.3) is 0 Å². The number of rotatable bonds is 1. The average Bonchev–Trinajstić information content (AvgIpc) is 2.75. The van der Waals surface area contributed by atoms with Gasteiger partial charge in [-0.25, -0.2) is 0 Å². The summed E-state index contributed by atoms with van der Waals surface area (Å²) in [5.74, 6) is 0.843. The topological polar surface area (TPSA) is 24.9 Å². The number of hydrogen-bond acceptors (Lipinski definition) is 2. The Kier molecular flexibility index (Phi) is 2.70. The molecule has 0 bridgehead atoms. The van der Waals surface area contributed by atoms with Gasteiger partial charge in [0.1, 0.15) is 0 Å². The normalized spacial score (nSPS) is 28.7. The summed E-state index contributed by atoms with van der Waals surface area (Å²) in [5, 5.41) is 4.30. The van der Waals surface area contributed by atoms with Gasteiger partial charge in [-0.3, -0.25) is 4.98 Å². The molecule has 0 radical (unpaired) electrons. The van der Waals surface area contributed by atoms with Crippen LogP contribution < -0.4 is 5.32 Å². The maximum absolute atomic E-state index is 5.97. The predicted octanol–water partition coefficient (Wildman–Crippen LogP) is 2.89. The molecule has 2 nitrogen and oxygen atoms in total. The van der Waals surface area contributed by atoms with Crippen LogP contribution in [0, 0.1) is 5.92 Å². The van der Waals surface area contributed by atoms with E-state index in [4.69, 9.17) is 11.6 Å². The third kappa shape index (κ3) is 1.87. The van der Waals surface area contributed by atoms with Crippen molar-refractivity contribution < 1.29 is 0 Å². The van der Waals surface area contributed by atoms with Gasteiger partial charge < -0.3 is 5.32 Å². The SMILES string of the molecule is Clc1cncc(C2=CC[C@@H]3CCN[C@@H]3C2)c1. The van der Waals surface area contributed by atoms with Crippen LogP contribution >= 0.6 is 11.6 Å². The second-order valence-corrected chi connectivity index (χ2v) is 5.11. The fraction of sp³-hybridized carbons (Fsp3) is 0.462. The number of fused-ring (bicyclic) bond motifs is 1. The quantitative estimate of drug-likeness (QED) is 0.808. The summed E-state index contributed by atoms with van der Waals surface area (Å²) < 4.78 is 0. The van der Waals surface area contributed by atoms with Crippen molar-refractivity contribution >= 4 is 17.2 Å². The van der Waals surface area contributed by atoms with Crippen LogP contribution in [0.4, 0.5) is 0 Å². The minimum absolute atomic E-state index is 0.666. The lowest BCUT2D eigenvalue weighted by Crippen LogP contribution is -2.29. The van der Waals surface area contributed by atoms with E-state index in [0.29, 0.717) is 6.04 Å². The highest BCUT2D eigenvalue weighted by Gasteiger charge is 2.29. The zero-order chi connectivity index (χ0) is 11.0. The van der Waals surface area contributed by atoms with E-state index >= 15 is 0 Å². The largest absolute Gasteiger partial charge is 0.313 e. The number of halogens is 1. The highest BCUT2D eigenvalue weighted by atomic mass is 35.5. The smallest absolute Gasteiger partial charge is 0.0595 e. The zero-order valence-electron chi connectivity index (χ0n) is 9.12. The Bertz CT molecular complexity index is 428. The van der Waals surface area contributed by atoms with E-state index < -0.39 is 0 Å². The van der Waals surface area contributed by atoms with Crippen molar-refractivity contribution in [3.8, 4) is 0 Å². The van der Waals surface area contributed by atoms with Crippen LogP contribution in [0.25, 0.3) is 5.57 Å². The molecule has 1 aromatic rings. The first-order valence-corrected chi connectivity index (χ1v) is 6.24. The van der Waals surface area contributed by atoms with Crippen molar-refractivity contribution in [1.82, 2.24) is 10.3 Å². The maximum Gasteiger partial charge on any atom is 0.0595 e. The minimum atomic E-state index is 0.666. The standard InChI is InChI=1S/C13H15ClN2/c14-12-5-11(7-15-8-12)10-2-1-9-3-4-16-13(9)6-10/h2,5,7-9,13,16H,1,3-4,6H2/t9-,13-/m1/s1. The first kappa shape index (κ1) is 10.3. The number of pyridine rings is 1. The molecular weight excluding hydrogens is 220 g/mol. The second kappa shape index (κ2) is 4.19. The van der Waals surface area contributed by atoms with Crippen molar-refractivity contribution in [2.75, 3.05) is 6.54 Å². The summed E-state index contributed by atoms with van der Waals surface area (Å²) in [7, 11) is 0. The molecule has 84 valence electrons. The van der Waals surface area contributed by atoms with Gasteiger partial charge in [0.05, 0.1) is 5.02 Å². The van der Waals surface area contributed by atoms with E-state index in [9.17, 15) is 0 Å². The predicted molar refractivity (Wildman–Crippen MR) is 66.4 cm³/mol.